The van der Waals surface area contributed by atoms with Gasteiger partial charge in [-0.3, -0.25) is 0 Å². The van der Waals surface area contributed by atoms with E-state index in [1.54, 1.807) is 25.2 Å². The summed E-state index contributed by atoms with van der Waals surface area (Å²) in [5.41, 5.74) is 0.948. The molecule has 0 atom stereocenters. The van der Waals surface area contributed by atoms with Gasteiger partial charge >= 0.3 is 0 Å². The minimum atomic E-state index is -3.56. The molecule has 0 aliphatic heterocycles. The molecule has 0 saturated heterocycles. The van der Waals surface area contributed by atoms with Gasteiger partial charge in [0.15, 0.2) is 0 Å². The molecule has 4 nitrogen and oxygen atoms in total. The molecule has 0 heterocycles. The van der Waals surface area contributed by atoms with Crippen LogP contribution in [-0.2, 0) is 23.1 Å². The molecule has 0 spiro atoms. The van der Waals surface area contributed by atoms with Gasteiger partial charge in [0.05, 0.1) is 11.5 Å². The molecule has 0 radical (unpaired) electrons. The SMILES string of the molecule is CCc1ccc(CO)cc1S(=O)(=O)N(C)C(C)(C)CC. The predicted molar refractivity (Wildman–Crippen MR) is 81.1 cm³/mol. The van der Waals surface area contributed by atoms with Gasteiger partial charge < -0.3 is 5.11 Å². The Morgan fingerprint density at radius 1 is 1.25 bits per heavy atom. The maximum atomic E-state index is 12.8. The van der Waals surface area contributed by atoms with Crippen molar-refractivity contribution in [2.45, 2.75) is 57.6 Å². The monoisotopic (exact) mass is 299 g/mol. The van der Waals surface area contributed by atoms with Gasteiger partial charge in [0, 0.05) is 12.6 Å². The fraction of sp³-hybridized carbons (Fsp3) is 0.600. The van der Waals surface area contributed by atoms with Crippen LogP contribution in [-0.4, -0.2) is 30.4 Å². The standard InChI is InChI=1S/C15H25NO3S/c1-6-13-9-8-12(11-17)10-14(13)20(18,19)16(5)15(3,4)7-2/h8-10,17H,6-7,11H2,1-5H3. The smallest absolute Gasteiger partial charge is 0.243 e. The van der Waals surface area contributed by atoms with Gasteiger partial charge in [-0.15, -0.1) is 0 Å². The zero-order chi connectivity index (χ0) is 15.6. The van der Waals surface area contributed by atoms with Crippen LogP contribution >= 0.6 is 0 Å². The van der Waals surface area contributed by atoms with E-state index in [-0.39, 0.29) is 6.61 Å². The Balaban J connectivity index is 3.41. The number of hydrogen-bond donors (Lipinski definition) is 1. The maximum Gasteiger partial charge on any atom is 0.243 e. The Bertz CT molecular complexity index is 564. The van der Waals surface area contributed by atoms with Crippen LogP contribution < -0.4 is 0 Å². The molecule has 1 aromatic rings. The second-order valence-corrected chi connectivity index (χ2v) is 7.53. The molecule has 0 bridgehead atoms. The molecule has 0 aliphatic rings. The van der Waals surface area contributed by atoms with E-state index < -0.39 is 15.6 Å². The van der Waals surface area contributed by atoms with Crippen molar-refractivity contribution in [1.29, 1.82) is 0 Å². The van der Waals surface area contributed by atoms with Gasteiger partial charge in [-0.1, -0.05) is 26.0 Å². The van der Waals surface area contributed by atoms with Crippen molar-refractivity contribution >= 4 is 10.0 Å². The minimum absolute atomic E-state index is 0.159. The molecule has 0 saturated carbocycles. The van der Waals surface area contributed by atoms with Gasteiger partial charge in [-0.25, -0.2) is 8.42 Å². The number of aryl methyl sites for hydroxylation is 1. The Labute approximate surface area is 122 Å². The second kappa shape index (κ2) is 6.24. The van der Waals surface area contributed by atoms with Crippen LogP contribution in [0.5, 0.6) is 0 Å². The van der Waals surface area contributed by atoms with Crippen LogP contribution in [0.15, 0.2) is 23.1 Å². The Morgan fingerprint density at radius 3 is 2.30 bits per heavy atom. The van der Waals surface area contributed by atoms with Crippen molar-refractivity contribution in [1.82, 2.24) is 4.31 Å². The molecule has 5 heteroatoms. The number of sulfonamides is 1. The van der Waals surface area contributed by atoms with Crippen LogP contribution in [0.2, 0.25) is 0 Å². The third-order valence-corrected chi connectivity index (χ3v) is 6.20. The van der Waals surface area contributed by atoms with Crippen molar-refractivity contribution in [3.63, 3.8) is 0 Å². The quantitative estimate of drug-likeness (QED) is 0.878. The normalized spacial score (nSPS) is 12.9. The number of aliphatic hydroxyl groups is 1. The summed E-state index contributed by atoms with van der Waals surface area (Å²) in [5.74, 6) is 0. The lowest BCUT2D eigenvalue weighted by atomic mass is 10.0. The van der Waals surface area contributed by atoms with E-state index in [2.05, 4.69) is 0 Å². The van der Waals surface area contributed by atoms with E-state index in [0.717, 1.165) is 12.0 Å². The molecular weight excluding hydrogens is 274 g/mol. The highest BCUT2D eigenvalue weighted by molar-refractivity contribution is 7.89. The van der Waals surface area contributed by atoms with E-state index >= 15 is 0 Å². The van der Waals surface area contributed by atoms with E-state index in [1.165, 1.54) is 4.31 Å². The summed E-state index contributed by atoms with van der Waals surface area (Å²) >= 11 is 0. The molecule has 1 rings (SSSR count). The lowest BCUT2D eigenvalue weighted by Crippen LogP contribution is -2.44. The summed E-state index contributed by atoms with van der Waals surface area (Å²) in [5, 5.41) is 9.23. The Hall–Kier alpha value is -0.910. The van der Waals surface area contributed by atoms with Crippen LogP contribution in [0.1, 0.15) is 45.2 Å². The summed E-state index contributed by atoms with van der Waals surface area (Å²) < 4.78 is 27.1. The van der Waals surface area contributed by atoms with Crippen LogP contribution in [0, 0.1) is 0 Å². The molecule has 114 valence electrons. The summed E-state index contributed by atoms with van der Waals surface area (Å²) in [7, 11) is -1.95. The molecule has 1 aromatic carbocycles. The summed E-state index contributed by atoms with van der Waals surface area (Å²) in [6.45, 7) is 7.56. The largest absolute Gasteiger partial charge is 0.392 e. The fourth-order valence-electron chi connectivity index (χ4n) is 1.93. The van der Waals surface area contributed by atoms with Crippen LogP contribution in [0.4, 0.5) is 0 Å². The highest BCUT2D eigenvalue weighted by Crippen LogP contribution is 2.28. The first-order valence-electron chi connectivity index (χ1n) is 6.92. The van der Waals surface area contributed by atoms with Crippen molar-refractivity contribution in [2.75, 3.05) is 7.05 Å². The second-order valence-electron chi connectivity index (χ2n) is 5.59. The number of nitrogens with zero attached hydrogens (tertiary/aromatic N) is 1. The van der Waals surface area contributed by atoms with Gasteiger partial charge in [-0.05, 0) is 43.9 Å². The Kier molecular flexibility index (Phi) is 5.35. The van der Waals surface area contributed by atoms with Gasteiger partial charge in [0.1, 0.15) is 0 Å². The van der Waals surface area contributed by atoms with Crippen molar-refractivity contribution in [3.8, 4) is 0 Å². The van der Waals surface area contributed by atoms with Crippen molar-refractivity contribution in [3.05, 3.63) is 29.3 Å². The van der Waals surface area contributed by atoms with Gasteiger partial charge in [-0.2, -0.15) is 4.31 Å². The lowest BCUT2D eigenvalue weighted by Gasteiger charge is -2.34. The summed E-state index contributed by atoms with van der Waals surface area (Å²) in [6, 6.07) is 5.13. The van der Waals surface area contributed by atoms with Gasteiger partial charge in [0.2, 0.25) is 10.0 Å². The molecule has 0 amide bonds. The first-order chi connectivity index (χ1) is 9.20. The average Bonchev–Trinajstić information content (AvgIpc) is 2.45. The molecule has 0 aromatic heterocycles. The molecule has 1 N–H and O–H groups in total. The highest BCUT2D eigenvalue weighted by Gasteiger charge is 2.33. The molecule has 20 heavy (non-hydrogen) atoms. The van der Waals surface area contributed by atoms with E-state index in [4.69, 9.17) is 0 Å². The van der Waals surface area contributed by atoms with Crippen molar-refractivity contribution < 1.29 is 13.5 Å². The summed E-state index contributed by atoms with van der Waals surface area (Å²) in [4.78, 5) is 0.301. The first kappa shape index (κ1) is 17.1. The summed E-state index contributed by atoms with van der Waals surface area (Å²) in [6.07, 6.45) is 1.37. The lowest BCUT2D eigenvalue weighted by molar-refractivity contribution is 0.257. The predicted octanol–water partition coefficient (Wildman–Crippen LogP) is 2.55. The first-order valence-corrected chi connectivity index (χ1v) is 8.36. The van der Waals surface area contributed by atoms with E-state index in [9.17, 15) is 13.5 Å². The van der Waals surface area contributed by atoms with Crippen molar-refractivity contribution in [2.24, 2.45) is 0 Å². The molecule has 0 unspecified atom stereocenters. The third kappa shape index (κ3) is 3.22. The van der Waals surface area contributed by atoms with E-state index in [1.807, 2.05) is 27.7 Å². The Morgan fingerprint density at radius 2 is 1.85 bits per heavy atom. The zero-order valence-corrected chi connectivity index (χ0v) is 13.8. The number of hydrogen-bond acceptors (Lipinski definition) is 3. The minimum Gasteiger partial charge on any atom is -0.392 e. The van der Waals surface area contributed by atoms with Crippen LogP contribution in [0.25, 0.3) is 0 Å². The highest BCUT2D eigenvalue weighted by atomic mass is 32.2. The number of rotatable bonds is 6. The van der Waals surface area contributed by atoms with Gasteiger partial charge in [0.25, 0.3) is 0 Å². The fourth-order valence-corrected chi connectivity index (χ4v) is 3.84. The molecule has 0 aliphatic carbocycles. The number of benzene rings is 1. The maximum absolute atomic E-state index is 12.8. The number of aliphatic hydroxyl groups excluding tert-OH is 1. The zero-order valence-electron chi connectivity index (χ0n) is 13.0. The van der Waals surface area contributed by atoms with Crippen LogP contribution in [0.3, 0.4) is 0 Å². The molecule has 0 fully saturated rings. The third-order valence-electron chi connectivity index (χ3n) is 4.05. The molecular formula is C15H25NO3S. The average molecular weight is 299 g/mol. The van der Waals surface area contributed by atoms with E-state index in [0.29, 0.717) is 16.9 Å². The topological polar surface area (TPSA) is 57.6 Å².